The number of carboxylic acids is 1. The molecule has 0 amide bonds. The number of aliphatic carboxylic acids is 1. The van der Waals surface area contributed by atoms with E-state index in [-0.39, 0.29) is 0 Å². The van der Waals surface area contributed by atoms with Gasteiger partial charge >= 0.3 is 5.97 Å². The molecule has 1 rings (SSSR count). The summed E-state index contributed by atoms with van der Waals surface area (Å²) in [5, 5.41) is 8.57. The van der Waals surface area contributed by atoms with E-state index in [9.17, 15) is 4.79 Å². The Morgan fingerprint density at radius 1 is 1.82 bits per heavy atom. The third-order valence-corrected chi connectivity index (χ3v) is 1.60. The molecular weight excluding hydrogens is 140 g/mol. The Morgan fingerprint density at radius 3 is 3.00 bits per heavy atom. The van der Waals surface area contributed by atoms with E-state index in [1.54, 1.807) is 12.2 Å². The van der Waals surface area contributed by atoms with Gasteiger partial charge in [-0.1, -0.05) is 12.2 Å². The molecule has 0 aliphatic heterocycles. The summed E-state index contributed by atoms with van der Waals surface area (Å²) in [5.74, 6) is -0.819. The summed E-state index contributed by atoms with van der Waals surface area (Å²) in [6, 6.07) is 0. The minimum Gasteiger partial charge on any atom is -0.478 e. The lowest BCUT2D eigenvalue weighted by molar-refractivity contribution is -0.132. The van der Waals surface area contributed by atoms with Gasteiger partial charge in [-0.05, 0) is 24.5 Å². The average Bonchev–Trinajstić information content (AvgIpc) is 2.37. The van der Waals surface area contributed by atoms with Crippen LogP contribution in [0.1, 0.15) is 12.8 Å². The second-order valence-electron chi connectivity index (χ2n) is 2.45. The molecular formula is C9H10O2. The highest BCUT2D eigenvalue weighted by Crippen LogP contribution is 2.19. The molecule has 0 bridgehead atoms. The van der Waals surface area contributed by atoms with Gasteiger partial charge in [0.05, 0.1) is 0 Å². The molecule has 1 aliphatic rings. The van der Waals surface area contributed by atoms with Crippen molar-refractivity contribution in [1.82, 2.24) is 0 Å². The van der Waals surface area contributed by atoms with E-state index in [0.717, 1.165) is 12.0 Å². The van der Waals surface area contributed by atoms with Gasteiger partial charge in [-0.25, -0.2) is 4.79 Å². The maximum absolute atomic E-state index is 10.4. The van der Waals surface area contributed by atoms with Crippen LogP contribution in [0.4, 0.5) is 0 Å². The molecule has 0 fully saturated rings. The van der Waals surface area contributed by atoms with E-state index in [1.165, 1.54) is 0 Å². The van der Waals surface area contributed by atoms with E-state index in [1.807, 2.05) is 6.08 Å². The maximum atomic E-state index is 10.4. The zero-order chi connectivity index (χ0) is 8.27. The molecule has 0 saturated heterocycles. The molecule has 0 unspecified atom stereocenters. The predicted molar refractivity (Wildman–Crippen MR) is 43.2 cm³/mol. The Hall–Kier alpha value is -1.31. The van der Waals surface area contributed by atoms with Gasteiger partial charge in [0.15, 0.2) is 0 Å². The molecule has 2 heteroatoms. The van der Waals surface area contributed by atoms with E-state index in [2.05, 4.69) is 6.58 Å². The molecule has 1 aliphatic carbocycles. The second kappa shape index (κ2) is 3.19. The largest absolute Gasteiger partial charge is 0.478 e. The number of carboxylic acid groups (broad SMARTS) is 1. The summed E-state index contributed by atoms with van der Waals surface area (Å²) in [6.45, 7) is 3.58. The van der Waals surface area contributed by atoms with Crippen LogP contribution in [-0.2, 0) is 4.79 Å². The zero-order valence-corrected chi connectivity index (χ0v) is 6.21. The minimum atomic E-state index is -0.819. The van der Waals surface area contributed by atoms with Crippen LogP contribution in [0.5, 0.6) is 0 Å². The van der Waals surface area contributed by atoms with Crippen LogP contribution in [0.3, 0.4) is 0 Å². The Labute approximate surface area is 65.5 Å². The number of rotatable bonds is 3. The van der Waals surface area contributed by atoms with Gasteiger partial charge in [0.2, 0.25) is 0 Å². The van der Waals surface area contributed by atoms with Gasteiger partial charge in [-0.15, -0.1) is 6.58 Å². The quantitative estimate of drug-likeness (QED) is 0.624. The van der Waals surface area contributed by atoms with Crippen molar-refractivity contribution in [2.45, 2.75) is 12.8 Å². The fraction of sp³-hybridized carbons (Fsp3) is 0.222. The highest BCUT2D eigenvalue weighted by molar-refractivity contribution is 5.88. The normalized spacial score (nSPS) is 15.6. The van der Waals surface area contributed by atoms with Gasteiger partial charge < -0.3 is 5.11 Å². The third kappa shape index (κ3) is 1.80. The summed E-state index contributed by atoms with van der Waals surface area (Å²) >= 11 is 0. The van der Waals surface area contributed by atoms with E-state index < -0.39 is 5.97 Å². The lowest BCUT2D eigenvalue weighted by Gasteiger charge is -1.89. The van der Waals surface area contributed by atoms with Gasteiger partial charge in [-0.3, -0.25) is 0 Å². The highest BCUT2D eigenvalue weighted by atomic mass is 16.4. The lowest BCUT2D eigenvalue weighted by atomic mass is 10.2. The fourth-order valence-electron chi connectivity index (χ4n) is 1.04. The molecule has 0 aromatic heterocycles. The zero-order valence-electron chi connectivity index (χ0n) is 6.21. The molecule has 11 heavy (non-hydrogen) atoms. The van der Waals surface area contributed by atoms with Crippen LogP contribution in [0.25, 0.3) is 0 Å². The Kier molecular flexibility index (Phi) is 2.26. The highest BCUT2D eigenvalue weighted by Gasteiger charge is 2.11. The van der Waals surface area contributed by atoms with Gasteiger partial charge in [0.25, 0.3) is 0 Å². The minimum absolute atomic E-state index is 0.474. The van der Waals surface area contributed by atoms with Crippen molar-refractivity contribution >= 4 is 5.97 Å². The molecule has 2 nitrogen and oxygen atoms in total. The van der Waals surface area contributed by atoms with Crippen molar-refractivity contribution in [1.29, 1.82) is 0 Å². The van der Waals surface area contributed by atoms with Crippen LogP contribution >= 0.6 is 0 Å². The average molecular weight is 150 g/mol. The van der Waals surface area contributed by atoms with Gasteiger partial charge in [0.1, 0.15) is 0 Å². The van der Waals surface area contributed by atoms with Crippen LogP contribution in [0, 0.1) is 0 Å². The van der Waals surface area contributed by atoms with E-state index >= 15 is 0 Å². The Balaban J connectivity index is 2.62. The first-order valence-corrected chi connectivity index (χ1v) is 3.48. The van der Waals surface area contributed by atoms with Crippen LogP contribution in [0.2, 0.25) is 0 Å². The summed E-state index contributed by atoms with van der Waals surface area (Å²) in [6.07, 6.45) is 6.72. The lowest BCUT2D eigenvalue weighted by Crippen LogP contribution is -1.96. The molecule has 0 atom stereocenters. The summed E-state index contributed by atoms with van der Waals surface area (Å²) < 4.78 is 0. The van der Waals surface area contributed by atoms with Gasteiger partial charge in [0, 0.05) is 5.57 Å². The van der Waals surface area contributed by atoms with E-state index in [0.29, 0.717) is 12.0 Å². The second-order valence-corrected chi connectivity index (χ2v) is 2.45. The number of carbonyl (C=O) groups is 1. The van der Waals surface area contributed by atoms with Crippen LogP contribution in [-0.4, -0.2) is 11.1 Å². The molecule has 1 N–H and O–H groups in total. The fourth-order valence-corrected chi connectivity index (χ4v) is 1.04. The molecule has 0 heterocycles. The Morgan fingerprint density at radius 2 is 2.55 bits per heavy atom. The van der Waals surface area contributed by atoms with Gasteiger partial charge in [-0.2, -0.15) is 0 Å². The third-order valence-electron chi connectivity index (χ3n) is 1.60. The smallest absolute Gasteiger partial charge is 0.331 e. The molecule has 0 radical (unpaired) electrons. The Bertz CT molecular complexity index is 246. The SMILES string of the molecule is C=CCC1=CCC(C(=O)O)=C1. The molecule has 0 saturated carbocycles. The first-order chi connectivity index (χ1) is 5.24. The monoisotopic (exact) mass is 150 g/mol. The van der Waals surface area contributed by atoms with Crippen LogP contribution < -0.4 is 0 Å². The molecule has 58 valence electrons. The molecule has 0 aromatic carbocycles. The number of hydrogen-bond acceptors (Lipinski definition) is 1. The number of hydrogen-bond donors (Lipinski definition) is 1. The summed E-state index contributed by atoms with van der Waals surface area (Å²) in [4.78, 5) is 10.4. The molecule has 0 aromatic rings. The molecule has 0 spiro atoms. The standard InChI is InChI=1S/C9H10O2/c1-2-3-7-4-5-8(6-7)9(10)11/h2,4,6H,1,3,5H2,(H,10,11). The van der Waals surface area contributed by atoms with Crippen molar-refractivity contribution in [3.8, 4) is 0 Å². The van der Waals surface area contributed by atoms with Crippen molar-refractivity contribution in [3.63, 3.8) is 0 Å². The first kappa shape index (κ1) is 7.79. The maximum Gasteiger partial charge on any atom is 0.331 e. The summed E-state index contributed by atoms with van der Waals surface area (Å²) in [5.41, 5.74) is 1.53. The van der Waals surface area contributed by atoms with Crippen LogP contribution in [0.15, 0.2) is 36.0 Å². The van der Waals surface area contributed by atoms with E-state index in [4.69, 9.17) is 5.11 Å². The number of allylic oxidation sites excluding steroid dienone is 4. The van der Waals surface area contributed by atoms with Crippen molar-refractivity contribution in [2.75, 3.05) is 0 Å². The first-order valence-electron chi connectivity index (χ1n) is 3.48. The summed E-state index contributed by atoms with van der Waals surface area (Å²) in [7, 11) is 0. The topological polar surface area (TPSA) is 37.3 Å². The van der Waals surface area contributed by atoms with Crippen molar-refractivity contribution < 1.29 is 9.90 Å². The van der Waals surface area contributed by atoms with Crippen molar-refractivity contribution in [2.24, 2.45) is 0 Å². The van der Waals surface area contributed by atoms with Crippen molar-refractivity contribution in [3.05, 3.63) is 36.0 Å². The predicted octanol–water partition coefficient (Wildman–Crippen LogP) is 1.90.